The summed E-state index contributed by atoms with van der Waals surface area (Å²) in [7, 11) is 0. The minimum absolute atomic E-state index is 0.251. The van der Waals surface area contributed by atoms with Gasteiger partial charge in [-0.15, -0.1) is 0 Å². The maximum atomic E-state index is 12.7. The largest absolute Gasteiger partial charge is 0.381 e. The van der Waals surface area contributed by atoms with E-state index in [9.17, 15) is 4.79 Å². The Morgan fingerprint density at radius 2 is 1.74 bits per heavy atom. The number of rotatable bonds is 3. The van der Waals surface area contributed by atoms with Crippen LogP contribution in [0.4, 0.5) is 4.79 Å². The molecule has 3 saturated heterocycles. The molecule has 3 aliphatic heterocycles. The summed E-state index contributed by atoms with van der Waals surface area (Å²) >= 11 is 0. The number of carbonyl (C=O) groups is 1. The predicted molar refractivity (Wildman–Crippen MR) is 88.2 cm³/mol. The van der Waals surface area contributed by atoms with Gasteiger partial charge in [0.05, 0.1) is 6.04 Å². The Hall–Kier alpha value is -1.59. The predicted octanol–water partition coefficient (Wildman–Crippen LogP) is 1.79. The van der Waals surface area contributed by atoms with Gasteiger partial charge in [0.2, 0.25) is 0 Å². The van der Waals surface area contributed by atoms with E-state index in [4.69, 9.17) is 4.74 Å². The number of fused-ring (bicyclic) bond motifs is 1. The lowest BCUT2D eigenvalue weighted by atomic mass is 10.1. The fourth-order valence-electron chi connectivity index (χ4n) is 4.09. The molecule has 1 atom stereocenters. The van der Waals surface area contributed by atoms with Gasteiger partial charge in [-0.05, 0) is 18.4 Å². The van der Waals surface area contributed by atoms with Crippen LogP contribution in [-0.2, 0) is 11.3 Å². The quantitative estimate of drug-likeness (QED) is 0.853. The molecule has 2 amide bonds. The number of piperazine rings is 1. The average molecular weight is 315 g/mol. The summed E-state index contributed by atoms with van der Waals surface area (Å²) in [6, 6.07) is 11.6. The molecular weight excluding hydrogens is 290 g/mol. The number of hydrogen-bond acceptors (Lipinski definition) is 3. The van der Waals surface area contributed by atoms with Crippen LogP contribution in [0.15, 0.2) is 30.3 Å². The minimum Gasteiger partial charge on any atom is -0.381 e. The first-order chi connectivity index (χ1) is 11.3. The second-order valence-electron chi connectivity index (χ2n) is 6.85. The molecule has 0 radical (unpaired) electrons. The number of urea groups is 1. The van der Waals surface area contributed by atoms with Gasteiger partial charge in [0, 0.05) is 52.0 Å². The van der Waals surface area contributed by atoms with Crippen molar-refractivity contribution in [2.24, 2.45) is 0 Å². The normalized spacial score (nSPS) is 26.6. The van der Waals surface area contributed by atoms with Crippen molar-refractivity contribution in [2.45, 2.75) is 31.5 Å². The Bertz CT molecular complexity index is 544. The van der Waals surface area contributed by atoms with Gasteiger partial charge < -0.3 is 14.5 Å². The average Bonchev–Trinajstić information content (AvgIpc) is 2.93. The zero-order valence-electron chi connectivity index (χ0n) is 13.6. The molecule has 0 unspecified atom stereocenters. The van der Waals surface area contributed by atoms with Crippen LogP contribution in [0, 0.1) is 0 Å². The number of benzene rings is 1. The molecule has 5 nitrogen and oxygen atoms in total. The summed E-state index contributed by atoms with van der Waals surface area (Å²) in [5, 5.41) is 0. The fraction of sp³-hybridized carbons (Fsp3) is 0.611. The van der Waals surface area contributed by atoms with E-state index in [0.717, 1.165) is 58.8 Å². The molecule has 3 aliphatic rings. The first-order valence-electron chi connectivity index (χ1n) is 8.72. The lowest BCUT2D eigenvalue weighted by Gasteiger charge is -2.36. The molecule has 0 bridgehead atoms. The summed E-state index contributed by atoms with van der Waals surface area (Å²) in [5.41, 5.74) is 1.35. The van der Waals surface area contributed by atoms with Crippen molar-refractivity contribution < 1.29 is 9.53 Å². The lowest BCUT2D eigenvalue weighted by Crippen LogP contribution is -2.51. The summed E-state index contributed by atoms with van der Waals surface area (Å²) < 4.78 is 5.44. The summed E-state index contributed by atoms with van der Waals surface area (Å²) in [6.07, 6.45) is 1.97. The molecule has 1 aromatic carbocycles. The van der Waals surface area contributed by atoms with Crippen LogP contribution >= 0.6 is 0 Å². The Morgan fingerprint density at radius 1 is 0.957 bits per heavy atom. The third kappa shape index (κ3) is 3.08. The summed E-state index contributed by atoms with van der Waals surface area (Å²) in [4.78, 5) is 19.4. The highest BCUT2D eigenvalue weighted by molar-refractivity contribution is 5.77. The lowest BCUT2D eigenvalue weighted by molar-refractivity contribution is 0.0504. The molecule has 3 fully saturated rings. The van der Waals surface area contributed by atoms with Gasteiger partial charge in [0.25, 0.3) is 0 Å². The van der Waals surface area contributed by atoms with Crippen LogP contribution in [0.3, 0.4) is 0 Å². The van der Waals surface area contributed by atoms with Gasteiger partial charge in [0.1, 0.15) is 0 Å². The monoisotopic (exact) mass is 315 g/mol. The van der Waals surface area contributed by atoms with E-state index < -0.39 is 0 Å². The second kappa shape index (κ2) is 6.49. The molecule has 5 heteroatoms. The number of nitrogens with zero attached hydrogens (tertiary/aromatic N) is 3. The van der Waals surface area contributed by atoms with Crippen LogP contribution in [0.5, 0.6) is 0 Å². The third-order valence-corrected chi connectivity index (χ3v) is 5.35. The van der Waals surface area contributed by atoms with Gasteiger partial charge >= 0.3 is 6.03 Å². The maximum Gasteiger partial charge on any atom is 0.320 e. The van der Waals surface area contributed by atoms with Crippen molar-refractivity contribution in [3.8, 4) is 0 Å². The van der Waals surface area contributed by atoms with E-state index in [1.807, 2.05) is 0 Å². The van der Waals surface area contributed by atoms with E-state index in [2.05, 4.69) is 45.0 Å². The first-order valence-corrected chi connectivity index (χ1v) is 8.72. The van der Waals surface area contributed by atoms with Crippen LogP contribution in [0.25, 0.3) is 0 Å². The maximum absolute atomic E-state index is 12.7. The Morgan fingerprint density at radius 3 is 2.52 bits per heavy atom. The van der Waals surface area contributed by atoms with E-state index in [-0.39, 0.29) is 6.03 Å². The molecule has 1 aromatic rings. The van der Waals surface area contributed by atoms with Gasteiger partial charge in [-0.3, -0.25) is 4.90 Å². The molecule has 124 valence electrons. The summed E-state index contributed by atoms with van der Waals surface area (Å²) in [5.74, 6) is 0. The van der Waals surface area contributed by atoms with E-state index in [1.165, 1.54) is 5.56 Å². The van der Waals surface area contributed by atoms with E-state index in [1.54, 1.807) is 0 Å². The zero-order chi connectivity index (χ0) is 15.6. The summed E-state index contributed by atoms with van der Waals surface area (Å²) in [6.45, 7) is 6.26. The number of ether oxygens (including phenoxy) is 1. The smallest absolute Gasteiger partial charge is 0.320 e. The van der Waals surface area contributed by atoms with Crippen molar-refractivity contribution in [3.05, 3.63) is 35.9 Å². The third-order valence-electron chi connectivity index (χ3n) is 5.35. The van der Waals surface area contributed by atoms with Crippen molar-refractivity contribution >= 4 is 6.03 Å². The molecule has 0 saturated carbocycles. The van der Waals surface area contributed by atoms with Crippen LogP contribution in [0.2, 0.25) is 0 Å². The SMILES string of the molecule is O=C1N(C2CCOCC2)C[C@H]2CN(Cc3ccccc3)CCN12. The minimum atomic E-state index is 0.251. The first kappa shape index (κ1) is 15.0. The molecule has 0 N–H and O–H groups in total. The van der Waals surface area contributed by atoms with Gasteiger partial charge in [-0.2, -0.15) is 0 Å². The fourth-order valence-corrected chi connectivity index (χ4v) is 4.09. The second-order valence-corrected chi connectivity index (χ2v) is 6.85. The van der Waals surface area contributed by atoms with Gasteiger partial charge in [-0.1, -0.05) is 30.3 Å². The Labute approximate surface area is 137 Å². The topological polar surface area (TPSA) is 36.0 Å². The van der Waals surface area contributed by atoms with Crippen molar-refractivity contribution in [1.82, 2.24) is 14.7 Å². The van der Waals surface area contributed by atoms with E-state index in [0.29, 0.717) is 12.1 Å². The van der Waals surface area contributed by atoms with Crippen molar-refractivity contribution in [1.29, 1.82) is 0 Å². The van der Waals surface area contributed by atoms with Gasteiger partial charge in [-0.25, -0.2) is 4.79 Å². The molecule has 23 heavy (non-hydrogen) atoms. The van der Waals surface area contributed by atoms with Gasteiger partial charge in [0.15, 0.2) is 0 Å². The molecule has 0 aliphatic carbocycles. The van der Waals surface area contributed by atoms with Crippen molar-refractivity contribution in [2.75, 3.05) is 39.4 Å². The van der Waals surface area contributed by atoms with Crippen LogP contribution < -0.4 is 0 Å². The van der Waals surface area contributed by atoms with Crippen LogP contribution in [0.1, 0.15) is 18.4 Å². The number of amides is 2. The molecule has 0 aromatic heterocycles. The number of carbonyl (C=O) groups excluding carboxylic acids is 1. The molecule has 4 rings (SSSR count). The highest BCUT2D eigenvalue weighted by atomic mass is 16.5. The highest BCUT2D eigenvalue weighted by Crippen LogP contribution is 2.26. The molecular formula is C18H25N3O2. The zero-order valence-corrected chi connectivity index (χ0v) is 13.6. The molecule has 0 spiro atoms. The van der Waals surface area contributed by atoms with Crippen LogP contribution in [-0.4, -0.2) is 72.2 Å². The standard InChI is InChI=1S/C18H25N3O2/c22-18-20-9-8-19(12-15-4-2-1-3-5-15)13-17(20)14-21(18)16-6-10-23-11-7-16/h1-5,16-17H,6-14H2/t17-/m1/s1. The molecule has 3 heterocycles. The van der Waals surface area contributed by atoms with E-state index >= 15 is 0 Å². The number of hydrogen-bond donors (Lipinski definition) is 0. The Balaban J connectivity index is 1.39. The Kier molecular flexibility index (Phi) is 4.23. The van der Waals surface area contributed by atoms with Crippen molar-refractivity contribution in [3.63, 3.8) is 0 Å². The highest BCUT2D eigenvalue weighted by Gasteiger charge is 2.43.